The van der Waals surface area contributed by atoms with Crippen LogP contribution in [0.4, 0.5) is 0 Å². The van der Waals surface area contributed by atoms with Crippen molar-refractivity contribution in [3.8, 4) is 5.88 Å². The van der Waals surface area contributed by atoms with Gasteiger partial charge in [-0.25, -0.2) is 0 Å². The Morgan fingerprint density at radius 3 is 2.91 bits per heavy atom. The summed E-state index contributed by atoms with van der Waals surface area (Å²) in [5, 5.41) is 15.8. The summed E-state index contributed by atoms with van der Waals surface area (Å²) in [6.45, 7) is 4.85. The molecule has 23 heavy (non-hydrogen) atoms. The first-order chi connectivity index (χ1) is 11.2. The summed E-state index contributed by atoms with van der Waals surface area (Å²) in [6.07, 6.45) is 1.52. The molecule has 2 aromatic rings. The van der Waals surface area contributed by atoms with Crippen molar-refractivity contribution in [1.29, 1.82) is 0 Å². The van der Waals surface area contributed by atoms with E-state index in [1.165, 1.54) is 10.6 Å². The highest BCUT2D eigenvalue weighted by atomic mass is 16.3. The third-order valence-corrected chi connectivity index (χ3v) is 3.87. The van der Waals surface area contributed by atoms with Crippen LogP contribution in [0.1, 0.15) is 10.4 Å². The molecule has 0 bridgehead atoms. The molecule has 0 radical (unpaired) electrons. The molecule has 0 spiro atoms. The monoisotopic (exact) mass is 317 g/mol. The van der Waals surface area contributed by atoms with Gasteiger partial charge < -0.3 is 15.7 Å². The molecule has 0 atom stereocenters. The van der Waals surface area contributed by atoms with E-state index in [2.05, 4.69) is 20.5 Å². The van der Waals surface area contributed by atoms with Gasteiger partial charge in [0.15, 0.2) is 5.56 Å². The maximum atomic E-state index is 12.3. The second-order valence-electron chi connectivity index (χ2n) is 5.39. The fourth-order valence-electron chi connectivity index (χ4n) is 2.63. The Hall–Kier alpha value is -2.45. The smallest absolute Gasteiger partial charge is 0.274 e. The van der Waals surface area contributed by atoms with Gasteiger partial charge in [-0.15, -0.1) is 0 Å². The number of aromatic nitrogens is 2. The van der Waals surface area contributed by atoms with E-state index in [9.17, 15) is 14.7 Å². The van der Waals surface area contributed by atoms with Crippen molar-refractivity contribution in [3.05, 3.63) is 40.3 Å². The van der Waals surface area contributed by atoms with E-state index < -0.39 is 17.3 Å². The van der Waals surface area contributed by atoms with E-state index in [1.807, 2.05) is 0 Å². The highest BCUT2D eigenvalue weighted by Gasteiger charge is 2.19. The molecule has 8 heteroatoms. The number of rotatable bonds is 4. The summed E-state index contributed by atoms with van der Waals surface area (Å²) in [4.78, 5) is 30.7. The molecule has 0 unspecified atom stereocenters. The molecular formula is C15H19N5O3. The SMILES string of the molecule is O=C(NCCN1CCNCC1)c1c(O)nc2ccccn2c1=O. The lowest BCUT2D eigenvalue weighted by atomic mass is 10.2. The number of fused-ring (bicyclic) bond motifs is 1. The summed E-state index contributed by atoms with van der Waals surface area (Å²) in [6, 6.07) is 4.96. The normalized spacial score (nSPS) is 15.7. The van der Waals surface area contributed by atoms with Crippen LogP contribution in [0.2, 0.25) is 0 Å². The zero-order valence-corrected chi connectivity index (χ0v) is 12.7. The molecule has 1 saturated heterocycles. The number of carbonyl (C=O) groups excluding carboxylic acids is 1. The largest absolute Gasteiger partial charge is 0.493 e. The zero-order chi connectivity index (χ0) is 16.2. The number of nitrogens with one attached hydrogen (secondary N) is 2. The molecule has 1 amide bonds. The topological polar surface area (TPSA) is 99.0 Å². The first-order valence-corrected chi connectivity index (χ1v) is 7.58. The van der Waals surface area contributed by atoms with Crippen LogP contribution in [0.25, 0.3) is 5.65 Å². The Balaban J connectivity index is 1.71. The Labute approximate surface area is 132 Å². The number of carbonyl (C=O) groups is 1. The predicted molar refractivity (Wildman–Crippen MR) is 84.8 cm³/mol. The van der Waals surface area contributed by atoms with Gasteiger partial charge in [0.05, 0.1) is 0 Å². The van der Waals surface area contributed by atoms with Gasteiger partial charge in [-0.05, 0) is 12.1 Å². The van der Waals surface area contributed by atoms with Crippen LogP contribution < -0.4 is 16.2 Å². The number of pyridine rings is 1. The maximum absolute atomic E-state index is 12.3. The Morgan fingerprint density at radius 1 is 1.35 bits per heavy atom. The van der Waals surface area contributed by atoms with Crippen molar-refractivity contribution in [2.24, 2.45) is 0 Å². The minimum absolute atomic E-state index is 0.298. The molecule has 2 aromatic heterocycles. The number of piperazine rings is 1. The summed E-state index contributed by atoms with van der Waals surface area (Å²) < 4.78 is 1.24. The van der Waals surface area contributed by atoms with Gasteiger partial charge in [0.2, 0.25) is 5.88 Å². The Bertz CT molecular complexity index is 767. The number of aromatic hydroxyl groups is 1. The third-order valence-electron chi connectivity index (χ3n) is 3.87. The Morgan fingerprint density at radius 2 is 2.13 bits per heavy atom. The number of hydrogen-bond donors (Lipinski definition) is 3. The van der Waals surface area contributed by atoms with Gasteiger partial charge in [0, 0.05) is 45.5 Å². The molecule has 0 saturated carbocycles. The standard InChI is InChI=1S/C15H19N5O3/c21-13(17-6-10-19-8-4-16-5-9-19)12-14(22)18-11-3-1-2-7-20(11)15(12)23/h1-3,7,16,22H,4-6,8-10H2,(H,17,21). The summed E-state index contributed by atoms with van der Waals surface area (Å²) in [5.41, 5.74) is -0.603. The van der Waals surface area contributed by atoms with Gasteiger partial charge in [-0.3, -0.25) is 18.9 Å². The number of hydrogen-bond acceptors (Lipinski definition) is 6. The molecule has 1 aliphatic heterocycles. The molecule has 3 N–H and O–H groups in total. The average molecular weight is 317 g/mol. The van der Waals surface area contributed by atoms with Gasteiger partial charge >= 0.3 is 0 Å². The fraction of sp³-hybridized carbons (Fsp3) is 0.400. The molecule has 1 fully saturated rings. The molecule has 3 heterocycles. The van der Waals surface area contributed by atoms with Gasteiger partial charge in [0.1, 0.15) is 5.65 Å². The van der Waals surface area contributed by atoms with Crippen molar-refractivity contribution >= 4 is 11.6 Å². The predicted octanol–water partition coefficient (Wildman–Crippen LogP) is -0.965. The lowest BCUT2D eigenvalue weighted by molar-refractivity contribution is 0.0942. The first-order valence-electron chi connectivity index (χ1n) is 7.58. The zero-order valence-electron chi connectivity index (χ0n) is 12.7. The number of amides is 1. The lowest BCUT2D eigenvalue weighted by Gasteiger charge is -2.27. The van der Waals surface area contributed by atoms with Crippen LogP contribution in [-0.4, -0.2) is 64.6 Å². The molecule has 8 nitrogen and oxygen atoms in total. The minimum Gasteiger partial charge on any atom is -0.493 e. The molecule has 122 valence electrons. The maximum Gasteiger partial charge on any atom is 0.274 e. The third kappa shape index (κ3) is 3.33. The van der Waals surface area contributed by atoms with Gasteiger partial charge in [-0.1, -0.05) is 6.07 Å². The van der Waals surface area contributed by atoms with Crippen molar-refractivity contribution in [3.63, 3.8) is 0 Å². The number of nitrogens with zero attached hydrogens (tertiary/aromatic N) is 3. The van der Waals surface area contributed by atoms with Crippen molar-refractivity contribution in [1.82, 2.24) is 24.9 Å². The van der Waals surface area contributed by atoms with E-state index >= 15 is 0 Å². The quantitative estimate of drug-likeness (QED) is 0.671. The minimum atomic E-state index is -0.603. The highest BCUT2D eigenvalue weighted by molar-refractivity contribution is 5.96. The van der Waals surface area contributed by atoms with E-state index in [0.29, 0.717) is 18.7 Å². The summed E-state index contributed by atoms with van der Waals surface area (Å²) in [7, 11) is 0. The van der Waals surface area contributed by atoms with Crippen LogP contribution in [0.15, 0.2) is 29.2 Å². The average Bonchev–Trinajstić information content (AvgIpc) is 2.56. The first kappa shape index (κ1) is 15.4. The van der Waals surface area contributed by atoms with Crippen LogP contribution in [0.5, 0.6) is 5.88 Å². The molecule has 3 rings (SSSR count). The molecule has 1 aliphatic rings. The Kier molecular flexibility index (Phi) is 4.54. The van der Waals surface area contributed by atoms with E-state index in [0.717, 1.165) is 26.2 Å². The summed E-state index contributed by atoms with van der Waals surface area (Å²) >= 11 is 0. The second-order valence-corrected chi connectivity index (χ2v) is 5.39. The fourth-order valence-corrected chi connectivity index (χ4v) is 2.63. The molecule has 0 aromatic carbocycles. The van der Waals surface area contributed by atoms with E-state index in [4.69, 9.17) is 0 Å². The van der Waals surface area contributed by atoms with Gasteiger partial charge in [0.25, 0.3) is 11.5 Å². The van der Waals surface area contributed by atoms with E-state index in [1.54, 1.807) is 18.2 Å². The van der Waals surface area contributed by atoms with Crippen molar-refractivity contribution in [2.45, 2.75) is 0 Å². The van der Waals surface area contributed by atoms with Crippen LogP contribution >= 0.6 is 0 Å². The lowest BCUT2D eigenvalue weighted by Crippen LogP contribution is -2.46. The van der Waals surface area contributed by atoms with Crippen molar-refractivity contribution < 1.29 is 9.90 Å². The van der Waals surface area contributed by atoms with Crippen LogP contribution in [0, 0.1) is 0 Å². The van der Waals surface area contributed by atoms with Gasteiger partial charge in [-0.2, -0.15) is 4.98 Å². The highest BCUT2D eigenvalue weighted by Crippen LogP contribution is 2.10. The summed E-state index contributed by atoms with van der Waals surface area (Å²) in [5.74, 6) is -1.14. The van der Waals surface area contributed by atoms with E-state index in [-0.39, 0.29) is 5.56 Å². The van der Waals surface area contributed by atoms with Crippen LogP contribution in [0.3, 0.4) is 0 Å². The van der Waals surface area contributed by atoms with Crippen molar-refractivity contribution in [2.75, 3.05) is 39.3 Å². The van der Waals surface area contributed by atoms with Crippen LogP contribution in [-0.2, 0) is 0 Å². The second kappa shape index (κ2) is 6.76. The molecule has 0 aliphatic carbocycles. The molecular weight excluding hydrogens is 298 g/mol.